The first-order chi connectivity index (χ1) is 14.9. The van der Waals surface area contributed by atoms with Gasteiger partial charge in [0.25, 0.3) is 5.91 Å². The molecule has 8 heteroatoms. The first-order valence-corrected chi connectivity index (χ1v) is 11.3. The molecule has 1 aromatic carbocycles. The maximum atomic E-state index is 13.1. The van der Waals surface area contributed by atoms with Crippen LogP contribution in [-0.4, -0.2) is 47.4 Å². The lowest BCUT2D eigenvalue weighted by Crippen LogP contribution is -2.28. The van der Waals surface area contributed by atoms with Gasteiger partial charge in [0.1, 0.15) is 17.2 Å². The second-order valence-corrected chi connectivity index (χ2v) is 9.39. The van der Waals surface area contributed by atoms with Crippen molar-refractivity contribution in [3.8, 4) is 5.75 Å². The summed E-state index contributed by atoms with van der Waals surface area (Å²) in [6, 6.07) is 9.31. The molecule has 3 heterocycles. The van der Waals surface area contributed by atoms with Gasteiger partial charge >= 0.3 is 0 Å². The minimum absolute atomic E-state index is 0.0155. The van der Waals surface area contributed by atoms with E-state index in [0.29, 0.717) is 24.5 Å². The van der Waals surface area contributed by atoms with Crippen LogP contribution in [0.5, 0.6) is 5.75 Å². The Bertz CT molecular complexity index is 973. The number of nitrogens with one attached hydrogen (secondary N) is 1. The van der Waals surface area contributed by atoms with Crippen LogP contribution in [-0.2, 0) is 4.74 Å². The minimum atomic E-state index is -0.260. The Hall–Kier alpha value is -2.58. The van der Waals surface area contributed by atoms with Crippen molar-refractivity contribution in [2.75, 3.05) is 20.3 Å². The second-order valence-electron chi connectivity index (χ2n) is 8.06. The molecule has 0 aliphatic carbocycles. The molecule has 4 rings (SSSR count). The molecule has 0 radical (unpaired) electrons. The first kappa shape index (κ1) is 21.6. The van der Waals surface area contributed by atoms with Gasteiger partial charge in [-0.2, -0.15) is 10.2 Å². The van der Waals surface area contributed by atoms with Crippen molar-refractivity contribution in [3.63, 3.8) is 0 Å². The van der Waals surface area contributed by atoms with Gasteiger partial charge in [0.05, 0.1) is 30.6 Å². The maximum Gasteiger partial charge on any atom is 0.251 e. The van der Waals surface area contributed by atoms with Crippen LogP contribution in [0.4, 0.5) is 0 Å². The average molecular weight is 441 g/mol. The van der Waals surface area contributed by atoms with Gasteiger partial charge < -0.3 is 19.7 Å². The standard InChI is InChI=1S/C23H28N4O3S/c1-14-5-6-21(26-25-14)16(3)24-22(28)17-9-18(23-27(4)12-15(2)31-23)11-20(10-17)30-19-7-8-29-13-19/h5-6,9-12,16,19,23H,7-8,13H2,1-4H3,(H,24,28)/t16-,19+,23?/m1/s1. The number of aromatic nitrogens is 2. The lowest BCUT2D eigenvalue weighted by atomic mass is 10.1. The molecule has 1 fully saturated rings. The largest absolute Gasteiger partial charge is 0.488 e. The molecule has 0 saturated carbocycles. The van der Waals surface area contributed by atoms with Gasteiger partial charge in [0, 0.05) is 30.1 Å². The highest BCUT2D eigenvalue weighted by molar-refractivity contribution is 8.03. The van der Waals surface area contributed by atoms with E-state index < -0.39 is 0 Å². The molecule has 7 nitrogen and oxygen atoms in total. The summed E-state index contributed by atoms with van der Waals surface area (Å²) in [5.41, 5.74) is 3.16. The Balaban J connectivity index is 1.57. The quantitative estimate of drug-likeness (QED) is 0.728. The third kappa shape index (κ3) is 5.19. The van der Waals surface area contributed by atoms with Crippen LogP contribution >= 0.6 is 11.8 Å². The molecule has 1 aromatic heterocycles. The van der Waals surface area contributed by atoms with Crippen molar-refractivity contribution < 1.29 is 14.3 Å². The van der Waals surface area contributed by atoms with Gasteiger partial charge in [-0.25, -0.2) is 0 Å². The zero-order valence-corrected chi connectivity index (χ0v) is 19.1. The number of benzene rings is 1. The monoisotopic (exact) mass is 440 g/mol. The van der Waals surface area contributed by atoms with Crippen LogP contribution in [0.2, 0.25) is 0 Å². The summed E-state index contributed by atoms with van der Waals surface area (Å²) in [5.74, 6) is 0.527. The smallest absolute Gasteiger partial charge is 0.251 e. The van der Waals surface area contributed by atoms with E-state index in [0.717, 1.165) is 23.4 Å². The van der Waals surface area contributed by atoms with Crippen molar-refractivity contribution in [2.45, 2.75) is 44.7 Å². The van der Waals surface area contributed by atoms with Crippen LogP contribution in [0.3, 0.4) is 0 Å². The molecule has 2 aliphatic rings. The van der Waals surface area contributed by atoms with Crippen molar-refractivity contribution in [1.82, 2.24) is 20.4 Å². The summed E-state index contributed by atoms with van der Waals surface area (Å²) in [7, 11) is 2.05. The van der Waals surface area contributed by atoms with Crippen LogP contribution < -0.4 is 10.1 Å². The lowest BCUT2D eigenvalue weighted by Gasteiger charge is -2.23. The molecule has 1 N–H and O–H groups in total. The van der Waals surface area contributed by atoms with E-state index in [9.17, 15) is 4.79 Å². The fourth-order valence-corrected chi connectivity index (χ4v) is 4.78. The molecule has 3 atom stereocenters. The van der Waals surface area contributed by atoms with Crippen molar-refractivity contribution in [3.05, 3.63) is 64.0 Å². The Morgan fingerprint density at radius 3 is 2.77 bits per heavy atom. The molecule has 2 aromatic rings. The average Bonchev–Trinajstić information content (AvgIpc) is 3.37. The normalized spacial score (nSPS) is 21.7. The minimum Gasteiger partial charge on any atom is -0.488 e. The summed E-state index contributed by atoms with van der Waals surface area (Å²) >= 11 is 1.77. The SMILES string of the molecule is CC1=CN(C)C(c2cc(O[C@H]3CCOC3)cc(C(=O)N[C@H](C)c3ccc(C)nn3)c2)S1. The lowest BCUT2D eigenvalue weighted by molar-refractivity contribution is 0.0937. The Kier molecular flexibility index (Phi) is 6.48. The van der Waals surface area contributed by atoms with Crippen LogP contribution in [0, 0.1) is 6.92 Å². The molecule has 0 bridgehead atoms. The van der Waals surface area contributed by atoms with E-state index in [-0.39, 0.29) is 23.4 Å². The summed E-state index contributed by atoms with van der Waals surface area (Å²) in [4.78, 5) is 16.5. The molecule has 1 amide bonds. The number of hydrogen-bond acceptors (Lipinski definition) is 7. The highest BCUT2D eigenvalue weighted by atomic mass is 32.2. The van der Waals surface area contributed by atoms with E-state index in [1.165, 1.54) is 4.91 Å². The van der Waals surface area contributed by atoms with Gasteiger partial charge in [-0.1, -0.05) is 11.8 Å². The molecule has 2 aliphatic heterocycles. The maximum absolute atomic E-state index is 13.1. The molecule has 0 spiro atoms. The zero-order valence-electron chi connectivity index (χ0n) is 18.3. The summed E-state index contributed by atoms with van der Waals surface area (Å²) < 4.78 is 11.6. The van der Waals surface area contributed by atoms with E-state index in [1.807, 2.05) is 51.2 Å². The zero-order chi connectivity index (χ0) is 22.0. The number of ether oxygens (including phenoxy) is 2. The number of allylic oxidation sites excluding steroid dienone is 1. The number of nitrogens with zero attached hydrogens (tertiary/aromatic N) is 3. The van der Waals surface area contributed by atoms with E-state index >= 15 is 0 Å². The molecular weight excluding hydrogens is 412 g/mol. The number of hydrogen-bond donors (Lipinski definition) is 1. The molecule has 1 saturated heterocycles. The van der Waals surface area contributed by atoms with Crippen LogP contribution in [0.25, 0.3) is 0 Å². The Labute approximate surface area is 187 Å². The molecular formula is C23H28N4O3S. The molecule has 164 valence electrons. The van der Waals surface area contributed by atoms with Gasteiger partial charge in [0.2, 0.25) is 0 Å². The van der Waals surface area contributed by atoms with Crippen LogP contribution in [0.1, 0.15) is 59.0 Å². The Morgan fingerprint density at radius 2 is 2.13 bits per heavy atom. The summed E-state index contributed by atoms with van der Waals surface area (Å²) in [6.07, 6.45) is 2.99. The van der Waals surface area contributed by atoms with Crippen molar-refractivity contribution in [2.24, 2.45) is 0 Å². The van der Waals surface area contributed by atoms with Gasteiger partial charge in [-0.15, -0.1) is 0 Å². The van der Waals surface area contributed by atoms with E-state index in [1.54, 1.807) is 11.8 Å². The van der Waals surface area contributed by atoms with Gasteiger partial charge in [-0.3, -0.25) is 4.79 Å². The number of carbonyl (C=O) groups excluding carboxylic acids is 1. The predicted molar refractivity (Wildman–Crippen MR) is 121 cm³/mol. The van der Waals surface area contributed by atoms with E-state index in [4.69, 9.17) is 9.47 Å². The molecule has 31 heavy (non-hydrogen) atoms. The number of rotatable bonds is 6. The highest BCUT2D eigenvalue weighted by Gasteiger charge is 2.26. The van der Waals surface area contributed by atoms with Crippen molar-refractivity contribution >= 4 is 17.7 Å². The third-order valence-corrected chi connectivity index (χ3v) is 6.63. The van der Waals surface area contributed by atoms with Crippen molar-refractivity contribution in [1.29, 1.82) is 0 Å². The topological polar surface area (TPSA) is 76.6 Å². The third-order valence-electron chi connectivity index (χ3n) is 5.33. The number of thioether (sulfide) groups is 1. The van der Waals surface area contributed by atoms with Gasteiger partial charge in [-0.05, 0) is 56.7 Å². The Morgan fingerprint density at radius 1 is 1.29 bits per heavy atom. The first-order valence-electron chi connectivity index (χ1n) is 10.5. The molecule has 1 unspecified atom stereocenters. The fraction of sp³-hybridized carbons (Fsp3) is 0.435. The number of aryl methyl sites for hydroxylation is 1. The predicted octanol–water partition coefficient (Wildman–Crippen LogP) is 3.98. The fourth-order valence-electron chi connectivity index (χ4n) is 3.70. The summed E-state index contributed by atoms with van der Waals surface area (Å²) in [5, 5.41) is 11.4. The summed E-state index contributed by atoms with van der Waals surface area (Å²) in [6.45, 7) is 7.17. The van der Waals surface area contributed by atoms with E-state index in [2.05, 4.69) is 33.5 Å². The number of carbonyl (C=O) groups is 1. The number of amides is 1. The van der Waals surface area contributed by atoms with Gasteiger partial charge in [0.15, 0.2) is 0 Å². The highest BCUT2D eigenvalue weighted by Crippen LogP contribution is 2.43. The van der Waals surface area contributed by atoms with Crippen LogP contribution in [0.15, 0.2) is 41.4 Å². The second kappa shape index (κ2) is 9.28.